The van der Waals surface area contributed by atoms with Crippen molar-refractivity contribution in [2.24, 2.45) is 0 Å². The quantitative estimate of drug-likeness (QED) is 0.845. The Morgan fingerprint density at radius 3 is 2.22 bits per heavy atom. The lowest BCUT2D eigenvalue weighted by molar-refractivity contribution is -0.00958. The maximum atomic E-state index is 5.55. The first-order valence-electron chi connectivity index (χ1n) is 5.94. The summed E-state index contributed by atoms with van der Waals surface area (Å²) < 4.78 is 16.2. The largest absolute Gasteiger partial charge is 0.497 e. The molecule has 0 heterocycles. The highest BCUT2D eigenvalue weighted by Gasteiger charge is 2.31. The van der Waals surface area contributed by atoms with Crippen LogP contribution in [0.5, 0.6) is 11.5 Å². The average Bonchev–Trinajstić information content (AvgIpc) is 2.39. The van der Waals surface area contributed by atoms with Crippen LogP contribution >= 0.6 is 0 Å². The molecule has 1 aromatic rings. The molecule has 1 N–H and O–H groups in total. The van der Waals surface area contributed by atoms with Gasteiger partial charge in [0.05, 0.1) is 25.9 Å². The van der Waals surface area contributed by atoms with E-state index in [4.69, 9.17) is 14.2 Å². The van der Waals surface area contributed by atoms with Gasteiger partial charge in [-0.2, -0.15) is 0 Å². The summed E-state index contributed by atoms with van der Waals surface area (Å²) in [5.74, 6) is 1.57. The lowest BCUT2D eigenvalue weighted by atomic mass is 9.91. The third-order valence-corrected chi connectivity index (χ3v) is 3.26. The van der Waals surface area contributed by atoms with Crippen LogP contribution in [0.4, 0.5) is 0 Å². The molecule has 0 aliphatic heterocycles. The van der Waals surface area contributed by atoms with E-state index in [1.54, 1.807) is 21.3 Å². The third kappa shape index (κ3) is 2.94. The molecule has 0 spiro atoms. The second-order valence-corrected chi connectivity index (χ2v) is 4.64. The monoisotopic (exact) mass is 253 g/mol. The molecule has 1 atom stereocenters. The van der Waals surface area contributed by atoms with Crippen LogP contribution in [0.25, 0.3) is 0 Å². The van der Waals surface area contributed by atoms with E-state index in [2.05, 4.69) is 5.32 Å². The maximum absolute atomic E-state index is 5.55. The molecule has 4 nitrogen and oxygen atoms in total. The average molecular weight is 253 g/mol. The van der Waals surface area contributed by atoms with Crippen molar-refractivity contribution in [1.82, 2.24) is 5.32 Å². The summed E-state index contributed by atoms with van der Waals surface area (Å²) in [6.07, 6.45) is 0. The van der Waals surface area contributed by atoms with Crippen molar-refractivity contribution < 1.29 is 14.2 Å². The zero-order chi connectivity index (χ0) is 13.8. The second-order valence-electron chi connectivity index (χ2n) is 4.64. The number of methoxy groups -OCH3 is 3. The predicted octanol–water partition coefficient (Wildman–Crippen LogP) is 2.39. The number of benzene rings is 1. The summed E-state index contributed by atoms with van der Waals surface area (Å²) in [6.45, 7) is 4.08. The molecule has 0 fully saturated rings. The van der Waals surface area contributed by atoms with E-state index >= 15 is 0 Å². The maximum Gasteiger partial charge on any atom is 0.127 e. The summed E-state index contributed by atoms with van der Waals surface area (Å²) in [5.41, 5.74) is 0.712. The van der Waals surface area contributed by atoms with Gasteiger partial charge in [0, 0.05) is 18.7 Å². The molecule has 0 saturated carbocycles. The van der Waals surface area contributed by atoms with Crippen molar-refractivity contribution in [2.45, 2.75) is 25.5 Å². The van der Waals surface area contributed by atoms with Gasteiger partial charge in [-0.15, -0.1) is 0 Å². The van der Waals surface area contributed by atoms with Crippen LogP contribution in [-0.2, 0) is 4.74 Å². The fraction of sp³-hybridized carbons (Fsp3) is 0.571. The van der Waals surface area contributed by atoms with E-state index in [1.807, 2.05) is 39.1 Å². The number of likely N-dealkylation sites (N-methyl/N-ethyl adjacent to an activating group) is 1. The summed E-state index contributed by atoms with van der Waals surface area (Å²) in [7, 11) is 6.92. The summed E-state index contributed by atoms with van der Waals surface area (Å²) in [6, 6.07) is 5.84. The molecule has 102 valence electrons. The van der Waals surface area contributed by atoms with Crippen molar-refractivity contribution in [3.8, 4) is 11.5 Å². The zero-order valence-electron chi connectivity index (χ0n) is 12.0. The molecule has 4 heteroatoms. The molecule has 0 aliphatic carbocycles. The van der Waals surface area contributed by atoms with Gasteiger partial charge in [-0.25, -0.2) is 0 Å². The minimum atomic E-state index is -0.337. The zero-order valence-corrected chi connectivity index (χ0v) is 12.0. The molecule has 1 rings (SSSR count). The summed E-state index contributed by atoms with van der Waals surface area (Å²) in [4.78, 5) is 0. The van der Waals surface area contributed by atoms with Crippen molar-refractivity contribution in [1.29, 1.82) is 0 Å². The highest BCUT2D eigenvalue weighted by molar-refractivity contribution is 5.43. The van der Waals surface area contributed by atoms with E-state index in [0.29, 0.717) is 0 Å². The minimum Gasteiger partial charge on any atom is -0.497 e. The lowest BCUT2D eigenvalue weighted by Crippen LogP contribution is -2.39. The molecule has 0 saturated heterocycles. The Morgan fingerprint density at radius 2 is 1.78 bits per heavy atom. The first-order chi connectivity index (χ1) is 8.50. The molecule has 1 aromatic carbocycles. The third-order valence-electron chi connectivity index (χ3n) is 3.26. The molecule has 0 aliphatic rings. The van der Waals surface area contributed by atoms with E-state index in [9.17, 15) is 0 Å². The van der Waals surface area contributed by atoms with Gasteiger partial charge in [0.25, 0.3) is 0 Å². The molecular formula is C14H23NO3. The van der Waals surface area contributed by atoms with E-state index in [-0.39, 0.29) is 11.6 Å². The highest BCUT2D eigenvalue weighted by atomic mass is 16.5. The Kier molecular flexibility index (Phi) is 4.99. The van der Waals surface area contributed by atoms with Crippen LogP contribution < -0.4 is 14.8 Å². The van der Waals surface area contributed by atoms with Gasteiger partial charge in [-0.3, -0.25) is 0 Å². The van der Waals surface area contributed by atoms with Gasteiger partial charge in [-0.1, -0.05) is 0 Å². The number of rotatable bonds is 6. The van der Waals surface area contributed by atoms with E-state index in [0.717, 1.165) is 17.1 Å². The summed E-state index contributed by atoms with van der Waals surface area (Å²) >= 11 is 0. The van der Waals surface area contributed by atoms with Gasteiger partial charge in [0.15, 0.2) is 0 Å². The normalized spacial score (nSPS) is 13.2. The Bertz CT molecular complexity index is 391. The first kappa shape index (κ1) is 14.8. The standard InChI is InChI=1S/C14H23NO3/c1-14(2,18-6)13(15-3)11-8-7-10(16-4)9-12(11)17-5/h7-9,13,15H,1-6H3. The van der Waals surface area contributed by atoms with Crippen LogP contribution in [0.3, 0.4) is 0 Å². The molecule has 0 amide bonds. The van der Waals surface area contributed by atoms with E-state index < -0.39 is 0 Å². The van der Waals surface area contributed by atoms with Crippen LogP contribution in [0.2, 0.25) is 0 Å². The van der Waals surface area contributed by atoms with Crippen LogP contribution in [0.1, 0.15) is 25.5 Å². The topological polar surface area (TPSA) is 39.7 Å². The van der Waals surface area contributed by atoms with E-state index in [1.165, 1.54) is 0 Å². The predicted molar refractivity (Wildman–Crippen MR) is 72.4 cm³/mol. The molecule has 0 radical (unpaired) electrons. The van der Waals surface area contributed by atoms with Gasteiger partial charge in [0.1, 0.15) is 11.5 Å². The second kappa shape index (κ2) is 6.07. The highest BCUT2D eigenvalue weighted by Crippen LogP contribution is 2.35. The fourth-order valence-electron chi connectivity index (χ4n) is 2.05. The first-order valence-corrected chi connectivity index (χ1v) is 5.94. The van der Waals surface area contributed by atoms with Crippen molar-refractivity contribution in [2.75, 3.05) is 28.4 Å². The molecule has 1 unspecified atom stereocenters. The molecule has 0 aromatic heterocycles. The van der Waals surface area contributed by atoms with Crippen LogP contribution in [-0.4, -0.2) is 34.0 Å². The number of hydrogen-bond donors (Lipinski definition) is 1. The Hall–Kier alpha value is -1.26. The van der Waals surface area contributed by atoms with Crippen molar-refractivity contribution in [3.05, 3.63) is 23.8 Å². The molecule has 18 heavy (non-hydrogen) atoms. The SMILES string of the molecule is CNC(c1ccc(OC)cc1OC)C(C)(C)OC. The number of nitrogens with one attached hydrogen (secondary N) is 1. The Balaban J connectivity index is 3.21. The number of hydrogen-bond acceptors (Lipinski definition) is 4. The van der Waals surface area contributed by atoms with Crippen molar-refractivity contribution >= 4 is 0 Å². The molecule has 0 bridgehead atoms. The van der Waals surface area contributed by atoms with Gasteiger partial charge >= 0.3 is 0 Å². The van der Waals surface area contributed by atoms with Gasteiger partial charge in [0.2, 0.25) is 0 Å². The summed E-state index contributed by atoms with van der Waals surface area (Å²) in [5, 5.41) is 3.28. The number of ether oxygens (including phenoxy) is 3. The minimum absolute atomic E-state index is 0.0309. The Morgan fingerprint density at radius 1 is 1.11 bits per heavy atom. The lowest BCUT2D eigenvalue weighted by Gasteiger charge is -2.34. The smallest absolute Gasteiger partial charge is 0.127 e. The fourth-order valence-corrected chi connectivity index (χ4v) is 2.05. The molecular weight excluding hydrogens is 230 g/mol. The van der Waals surface area contributed by atoms with Gasteiger partial charge < -0.3 is 19.5 Å². The van der Waals surface area contributed by atoms with Crippen LogP contribution in [0, 0.1) is 0 Å². The van der Waals surface area contributed by atoms with Crippen molar-refractivity contribution in [3.63, 3.8) is 0 Å². The van der Waals surface area contributed by atoms with Crippen LogP contribution in [0.15, 0.2) is 18.2 Å². The Labute approximate surface area is 109 Å². The van der Waals surface area contributed by atoms with Gasteiger partial charge in [-0.05, 0) is 33.0 Å².